The minimum atomic E-state index is -0.267. The number of nitrogens with zero attached hydrogens (tertiary/aromatic N) is 2. The highest BCUT2D eigenvalue weighted by atomic mass is 16.5. The SMILES string of the molecule is CCOC(=O)c1cnn(CC2CC3CCC2C3)c1. The molecule has 0 N–H and O–H groups in total. The molecule has 2 fully saturated rings. The fourth-order valence-electron chi connectivity index (χ4n) is 3.62. The summed E-state index contributed by atoms with van der Waals surface area (Å²) in [5, 5.41) is 4.28. The van der Waals surface area contributed by atoms with Gasteiger partial charge in [0.1, 0.15) is 0 Å². The van der Waals surface area contributed by atoms with Crippen LogP contribution >= 0.6 is 0 Å². The number of aromatic nitrogens is 2. The second-order valence-electron chi connectivity index (χ2n) is 5.61. The molecule has 0 radical (unpaired) electrons. The summed E-state index contributed by atoms with van der Waals surface area (Å²) < 4.78 is 6.88. The van der Waals surface area contributed by atoms with Gasteiger partial charge in [-0.3, -0.25) is 4.68 Å². The monoisotopic (exact) mass is 248 g/mol. The molecule has 1 aromatic rings. The molecule has 18 heavy (non-hydrogen) atoms. The van der Waals surface area contributed by atoms with Gasteiger partial charge < -0.3 is 4.74 Å². The Hall–Kier alpha value is -1.32. The molecule has 3 unspecified atom stereocenters. The highest BCUT2D eigenvalue weighted by Crippen LogP contribution is 2.48. The molecule has 3 atom stereocenters. The van der Waals surface area contributed by atoms with E-state index in [-0.39, 0.29) is 5.97 Å². The van der Waals surface area contributed by atoms with E-state index in [2.05, 4.69) is 5.10 Å². The van der Waals surface area contributed by atoms with Crippen molar-refractivity contribution in [2.75, 3.05) is 6.61 Å². The van der Waals surface area contributed by atoms with Crippen molar-refractivity contribution in [3.63, 3.8) is 0 Å². The van der Waals surface area contributed by atoms with Crippen LogP contribution in [0.3, 0.4) is 0 Å². The van der Waals surface area contributed by atoms with Gasteiger partial charge in [-0.25, -0.2) is 4.79 Å². The van der Waals surface area contributed by atoms with Crippen LogP contribution in [-0.2, 0) is 11.3 Å². The predicted octanol–water partition coefficient (Wildman–Crippen LogP) is 2.50. The molecule has 0 amide bonds. The molecule has 98 valence electrons. The maximum atomic E-state index is 11.5. The van der Waals surface area contributed by atoms with E-state index in [1.54, 1.807) is 6.20 Å². The van der Waals surface area contributed by atoms with E-state index in [0.717, 1.165) is 24.3 Å². The quantitative estimate of drug-likeness (QED) is 0.769. The number of esters is 1. The highest BCUT2D eigenvalue weighted by Gasteiger charge is 2.39. The van der Waals surface area contributed by atoms with Gasteiger partial charge in [0.05, 0.1) is 18.4 Å². The molecule has 0 spiro atoms. The number of carbonyl (C=O) groups is 1. The molecule has 4 nitrogen and oxygen atoms in total. The summed E-state index contributed by atoms with van der Waals surface area (Å²) in [5.74, 6) is 2.35. The Kier molecular flexibility index (Phi) is 3.10. The number of hydrogen-bond acceptors (Lipinski definition) is 3. The first kappa shape index (κ1) is 11.8. The largest absolute Gasteiger partial charge is 0.462 e. The van der Waals surface area contributed by atoms with Crippen molar-refractivity contribution in [2.45, 2.75) is 39.2 Å². The standard InChI is InChI=1S/C14H20N2O2/c1-2-18-14(17)13-7-15-16(9-13)8-12-6-10-3-4-11(12)5-10/h7,9-12H,2-6,8H2,1H3. The maximum Gasteiger partial charge on any atom is 0.341 e. The van der Waals surface area contributed by atoms with E-state index in [4.69, 9.17) is 4.74 Å². The van der Waals surface area contributed by atoms with Crippen LogP contribution in [0.5, 0.6) is 0 Å². The molecule has 0 aliphatic heterocycles. The molecule has 2 aliphatic rings. The summed E-state index contributed by atoms with van der Waals surface area (Å²) >= 11 is 0. The third-order valence-electron chi connectivity index (χ3n) is 4.45. The molecule has 3 rings (SSSR count). The Morgan fingerprint density at radius 3 is 3.06 bits per heavy atom. The fourth-order valence-corrected chi connectivity index (χ4v) is 3.62. The van der Waals surface area contributed by atoms with Crippen LogP contribution in [-0.4, -0.2) is 22.4 Å². The van der Waals surface area contributed by atoms with Crippen molar-refractivity contribution >= 4 is 5.97 Å². The van der Waals surface area contributed by atoms with Gasteiger partial charge in [-0.1, -0.05) is 6.42 Å². The lowest BCUT2D eigenvalue weighted by Gasteiger charge is -2.21. The molecule has 0 saturated heterocycles. The van der Waals surface area contributed by atoms with E-state index < -0.39 is 0 Å². The minimum Gasteiger partial charge on any atom is -0.462 e. The number of ether oxygens (including phenoxy) is 1. The molecule has 2 bridgehead atoms. The average Bonchev–Trinajstić information content (AvgIpc) is 3.04. The molecule has 0 aromatic carbocycles. The average molecular weight is 248 g/mol. The third-order valence-corrected chi connectivity index (χ3v) is 4.45. The summed E-state index contributed by atoms with van der Waals surface area (Å²) in [4.78, 5) is 11.5. The Morgan fingerprint density at radius 2 is 2.39 bits per heavy atom. The first-order chi connectivity index (χ1) is 8.76. The van der Waals surface area contributed by atoms with Crippen molar-refractivity contribution in [1.82, 2.24) is 9.78 Å². The Morgan fingerprint density at radius 1 is 1.50 bits per heavy atom. The van der Waals surface area contributed by atoms with Crippen LogP contribution in [0.2, 0.25) is 0 Å². The molecule has 1 heterocycles. The van der Waals surface area contributed by atoms with E-state index in [1.165, 1.54) is 25.7 Å². The molecule has 2 saturated carbocycles. The lowest BCUT2D eigenvalue weighted by molar-refractivity contribution is 0.0526. The zero-order valence-electron chi connectivity index (χ0n) is 10.8. The molecule has 2 aliphatic carbocycles. The van der Waals surface area contributed by atoms with Crippen molar-refractivity contribution in [2.24, 2.45) is 17.8 Å². The summed E-state index contributed by atoms with van der Waals surface area (Å²) in [6.07, 6.45) is 9.01. The van der Waals surface area contributed by atoms with Crippen LogP contribution < -0.4 is 0 Å². The van der Waals surface area contributed by atoms with E-state index in [9.17, 15) is 4.79 Å². The Bertz CT molecular complexity index is 441. The second-order valence-corrected chi connectivity index (χ2v) is 5.61. The van der Waals surface area contributed by atoms with Gasteiger partial charge in [-0.05, 0) is 43.9 Å². The number of fused-ring (bicyclic) bond motifs is 2. The molecular weight excluding hydrogens is 228 g/mol. The van der Waals surface area contributed by atoms with E-state index in [1.807, 2.05) is 17.8 Å². The second kappa shape index (κ2) is 4.75. The Balaban J connectivity index is 1.62. The zero-order valence-corrected chi connectivity index (χ0v) is 10.8. The van der Waals surface area contributed by atoms with Crippen LogP contribution in [0.1, 0.15) is 43.0 Å². The fraction of sp³-hybridized carbons (Fsp3) is 0.714. The third kappa shape index (κ3) is 2.16. The first-order valence-electron chi connectivity index (χ1n) is 6.96. The van der Waals surface area contributed by atoms with Crippen molar-refractivity contribution in [3.8, 4) is 0 Å². The van der Waals surface area contributed by atoms with E-state index >= 15 is 0 Å². The predicted molar refractivity (Wildman–Crippen MR) is 67.1 cm³/mol. The minimum absolute atomic E-state index is 0.267. The van der Waals surface area contributed by atoms with Gasteiger partial charge >= 0.3 is 5.97 Å². The number of rotatable bonds is 4. The number of hydrogen-bond donors (Lipinski definition) is 0. The first-order valence-corrected chi connectivity index (χ1v) is 6.96. The van der Waals surface area contributed by atoms with Crippen LogP contribution in [0, 0.1) is 17.8 Å². The summed E-state index contributed by atoms with van der Waals surface area (Å²) in [6.45, 7) is 3.19. The summed E-state index contributed by atoms with van der Waals surface area (Å²) in [6, 6.07) is 0. The van der Waals surface area contributed by atoms with E-state index in [0.29, 0.717) is 12.2 Å². The molecule has 4 heteroatoms. The molecule has 1 aromatic heterocycles. The van der Waals surface area contributed by atoms with Gasteiger partial charge in [0.15, 0.2) is 0 Å². The molecular formula is C14H20N2O2. The lowest BCUT2D eigenvalue weighted by Crippen LogP contribution is -2.17. The van der Waals surface area contributed by atoms with Crippen LogP contribution in [0.15, 0.2) is 12.4 Å². The van der Waals surface area contributed by atoms with Crippen molar-refractivity contribution < 1.29 is 9.53 Å². The van der Waals surface area contributed by atoms with Gasteiger partial charge in [0.25, 0.3) is 0 Å². The van der Waals surface area contributed by atoms with Gasteiger partial charge in [-0.2, -0.15) is 5.10 Å². The summed E-state index contributed by atoms with van der Waals surface area (Å²) in [7, 11) is 0. The highest BCUT2D eigenvalue weighted by molar-refractivity contribution is 5.88. The maximum absolute atomic E-state index is 11.5. The lowest BCUT2D eigenvalue weighted by atomic mass is 9.89. The van der Waals surface area contributed by atoms with Crippen molar-refractivity contribution in [1.29, 1.82) is 0 Å². The zero-order chi connectivity index (χ0) is 12.5. The summed E-state index contributed by atoms with van der Waals surface area (Å²) in [5.41, 5.74) is 0.569. The van der Waals surface area contributed by atoms with Crippen LogP contribution in [0.25, 0.3) is 0 Å². The smallest absolute Gasteiger partial charge is 0.341 e. The Labute approximate surface area is 107 Å². The van der Waals surface area contributed by atoms with Crippen LogP contribution in [0.4, 0.5) is 0 Å². The van der Waals surface area contributed by atoms with Gasteiger partial charge in [0, 0.05) is 12.7 Å². The topological polar surface area (TPSA) is 44.1 Å². The van der Waals surface area contributed by atoms with Gasteiger partial charge in [-0.15, -0.1) is 0 Å². The normalized spacial score (nSPS) is 29.7. The van der Waals surface area contributed by atoms with Crippen molar-refractivity contribution in [3.05, 3.63) is 18.0 Å². The van der Waals surface area contributed by atoms with Gasteiger partial charge in [0.2, 0.25) is 0 Å². The number of carbonyl (C=O) groups excluding carboxylic acids is 1.